The average Bonchev–Trinajstić information content (AvgIpc) is 2.48. The molecule has 2 aromatic carbocycles. The fourth-order valence-electron chi connectivity index (χ4n) is 2.56. The molecule has 0 spiro atoms. The highest BCUT2D eigenvalue weighted by Gasteiger charge is 2.24. The van der Waals surface area contributed by atoms with Crippen molar-refractivity contribution in [1.29, 1.82) is 0 Å². The zero-order chi connectivity index (χ0) is 15.0. The zero-order valence-corrected chi connectivity index (χ0v) is 12.7. The minimum atomic E-state index is -0.448. The summed E-state index contributed by atoms with van der Waals surface area (Å²) in [6.07, 6.45) is 0.730. The number of benzene rings is 2. The molecule has 1 N–H and O–H groups in total. The number of carbonyl (C=O) groups excluding carboxylic acids is 1. The second-order valence-electron chi connectivity index (χ2n) is 5.03. The Morgan fingerprint density at radius 3 is 2.86 bits per heavy atom. The molecule has 0 bridgehead atoms. The molecule has 0 aliphatic carbocycles. The fourth-order valence-corrected chi connectivity index (χ4v) is 2.99. The fraction of sp³-hybridized carbons (Fsp3) is 0.188. The molecule has 3 nitrogen and oxygen atoms in total. The van der Waals surface area contributed by atoms with E-state index in [4.69, 9.17) is 0 Å². The number of rotatable bonds is 1. The van der Waals surface area contributed by atoms with Crippen molar-refractivity contribution in [3.63, 3.8) is 0 Å². The minimum absolute atomic E-state index is 0.190. The van der Waals surface area contributed by atoms with Crippen LogP contribution in [0.5, 0.6) is 5.75 Å². The number of hydrogen-bond acceptors (Lipinski definition) is 2. The van der Waals surface area contributed by atoms with E-state index in [1.807, 2.05) is 6.07 Å². The SMILES string of the molecule is O=C(c1cccc(F)c1Br)N1CCc2ccc(O)cc2C1. The van der Waals surface area contributed by atoms with Crippen LogP contribution < -0.4 is 0 Å². The summed E-state index contributed by atoms with van der Waals surface area (Å²) in [5.41, 5.74) is 2.39. The van der Waals surface area contributed by atoms with Crippen molar-refractivity contribution in [1.82, 2.24) is 4.90 Å². The van der Waals surface area contributed by atoms with Crippen molar-refractivity contribution < 1.29 is 14.3 Å². The molecule has 0 saturated heterocycles. The maximum absolute atomic E-state index is 13.5. The zero-order valence-electron chi connectivity index (χ0n) is 11.1. The van der Waals surface area contributed by atoms with Gasteiger partial charge in [0.05, 0.1) is 10.0 Å². The van der Waals surface area contributed by atoms with Crippen LogP contribution in [-0.4, -0.2) is 22.5 Å². The molecule has 5 heteroatoms. The third-order valence-corrected chi connectivity index (χ3v) is 4.48. The summed E-state index contributed by atoms with van der Waals surface area (Å²) in [7, 11) is 0. The molecule has 1 heterocycles. The lowest BCUT2D eigenvalue weighted by atomic mass is 9.99. The smallest absolute Gasteiger partial charge is 0.255 e. The van der Waals surface area contributed by atoms with Gasteiger partial charge in [0.15, 0.2) is 0 Å². The van der Waals surface area contributed by atoms with Crippen molar-refractivity contribution in [2.24, 2.45) is 0 Å². The Balaban J connectivity index is 1.89. The standard InChI is InChI=1S/C16H13BrFNO2/c17-15-13(2-1-3-14(15)18)16(21)19-7-6-10-4-5-12(20)8-11(10)9-19/h1-5,8,20H,6-7,9H2. The topological polar surface area (TPSA) is 40.5 Å². The molecule has 1 aliphatic rings. The summed E-state index contributed by atoms with van der Waals surface area (Å²) in [6.45, 7) is 1.01. The molecular weight excluding hydrogens is 337 g/mol. The number of hydrogen-bond donors (Lipinski definition) is 1. The Bertz CT molecular complexity index is 717. The third kappa shape index (κ3) is 2.65. The number of aromatic hydroxyl groups is 1. The number of carbonyl (C=O) groups is 1. The molecule has 0 aromatic heterocycles. The van der Waals surface area contributed by atoms with Gasteiger partial charge in [0.2, 0.25) is 0 Å². The lowest BCUT2D eigenvalue weighted by Gasteiger charge is -2.29. The molecule has 0 unspecified atom stereocenters. The van der Waals surface area contributed by atoms with Gasteiger partial charge in [-0.2, -0.15) is 0 Å². The molecule has 1 aliphatic heterocycles. The molecule has 0 fully saturated rings. The van der Waals surface area contributed by atoms with E-state index >= 15 is 0 Å². The van der Waals surface area contributed by atoms with Gasteiger partial charge < -0.3 is 10.0 Å². The molecule has 3 rings (SSSR count). The van der Waals surface area contributed by atoms with E-state index in [0.29, 0.717) is 18.7 Å². The molecule has 0 atom stereocenters. The highest BCUT2D eigenvalue weighted by Crippen LogP contribution is 2.27. The van der Waals surface area contributed by atoms with Crippen LogP contribution >= 0.6 is 15.9 Å². The van der Waals surface area contributed by atoms with Gasteiger partial charge in [-0.15, -0.1) is 0 Å². The van der Waals surface area contributed by atoms with Crippen LogP contribution in [0.4, 0.5) is 4.39 Å². The van der Waals surface area contributed by atoms with Gasteiger partial charge in [-0.1, -0.05) is 12.1 Å². The predicted octanol–water partition coefficient (Wildman–Crippen LogP) is 3.49. The first-order valence-corrected chi connectivity index (χ1v) is 7.39. The molecular formula is C16H13BrFNO2. The van der Waals surface area contributed by atoms with Gasteiger partial charge in [-0.05, 0) is 57.7 Å². The Morgan fingerprint density at radius 2 is 2.05 bits per heavy atom. The Morgan fingerprint density at radius 1 is 1.24 bits per heavy atom. The summed E-state index contributed by atoms with van der Waals surface area (Å²) >= 11 is 3.13. The van der Waals surface area contributed by atoms with Crippen LogP contribution in [0.25, 0.3) is 0 Å². The van der Waals surface area contributed by atoms with Gasteiger partial charge in [-0.25, -0.2) is 4.39 Å². The predicted molar refractivity (Wildman–Crippen MR) is 80.7 cm³/mol. The van der Waals surface area contributed by atoms with E-state index in [2.05, 4.69) is 15.9 Å². The van der Waals surface area contributed by atoms with Crippen LogP contribution in [0, 0.1) is 5.82 Å². The summed E-state index contributed by atoms with van der Waals surface area (Å²) in [4.78, 5) is 14.2. The van der Waals surface area contributed by atoms with Gasteiger partial charge in [0.1, 0.15) is 11.6 Å². The molecule has 0 radical (unpaired) electrons. The number of halogens is 2. The molecule has 0 saturated carbocycles. The van der Waals surface area contributed by atoms with Crippen LogP contribution in [0.15, 0.2) is 40.9 Å². The highest BCUT2D eigenvalue weighted by atomic mass is 79.9. The van der Waals surface area contributed by atoms with Crippen molar-refractivity contribution in [2.75, 3.05) is 6.54 Å². The van der Waals surface area contributed by atoms with E-state index in [0.717, 1.165) is 17.5 Å². The molecule has 21 heavy (non-hydrogen) atoms. The van der Waals surface area contributed by atoms with Gasteiger partial charge >= 0.3 is 0 Å². The molecule has 1 amide bonds. The lowest BCUT2D eigenvalue weighted by molar-refractivity contribution is 0.0733. The Hall–Kier alpha value is -1.88. The maximum Gasteiger partial charge on any atom is 0.255 e. The Kier molecular flexibility index (Phi) is 3.68. The van der Waals surface area contributed by atoms with Crippen LogP contribution in [0.1, 0.15) is 21.5 Å². The van der Waals surface area contributed by atoms with Crippen LogP contribution in [0.2, 0.25) is 0 Å². The summed E-state index contributed by atoms with van der Waals surface area (Å²) in [6, 6.07) is 9.65. The monoisotopic (exact) mass is 349 g/mol. The van der Waals surface area contributed by atoms with Crippen LogP contribution in [-0.2, 0) is 13.0 Å². The maximum atomic E-state index is 13.5. The average molecular weight is 350 g/mol. The number of amides is 1. The lowest BCUT2D eigenvalue weighted by Crippen LogP contribution is -2.36. The summed E-state index contributed by atoms with van der Waals surface area (Å²) in [5.74, 6) is -0.471. The number of phenolic OH excluding ortho intramolecular Hbond substituents is 1. The van der Waals surface area contributed by atoms with Crippen molar-refractivity contribution in [3.8, 4) is 5.75 Å². The summed E-state index contributed by atoms with van der Waals surface area (Å²) < 4.78 is 13.7. The first-order chi connectivity index (χ1) is 10.1. The van der Waals surface area contributed by atoms with E-state index in [1.165, 1.54) is 12.1 Å². The van der Waals surface area contributed by atoms with E-state index in [-0.39, 0.29) is 16.1 Å². The normalized spacial score (nSPS) is 13.9. The number of phenols is 1. The van der Waals surface area contributed by atoms with Gasteiger partial charge in [-0.3, -0.25) is 4.79 Å². The number of fused-ring (bicyclic) bond motifs is 1. The van der Waals surface area contributed by atoms with Crippen LogP contribution in [0.3, 0.4) is 0 Å². The third-order valence-electron chi connectivity index (χ3n) is 3.67. The second kappa shape index (κ2) is 5.48. The first kappa shape index (κ1) is 14.1. The van der Waals surface area contributed by atoms with Crippen molar-refractivity contribution >= 4 is 21.8 Å². The van der Waals surface area contributed by atoms with E-state index in [1.54, 1.807) is 23.1 Å². The molecule has 2 aromatic rings. The van der Waals surface area contributed by atoms with Gasteiger partial charge in [0.25, 0.3) is 5.91 Å². The summed E-state index contributed by atoms with van der Waals surface area (Å²) in [5, 5.41) is 9.55. The van der Waals surface area contributed by atoms with E-state index < -0.39 is 5.82 Å². The van der Waals surface area contributed by atoms with E-state index in [9.17, 15) is 14.3 Å². The van der Waals surface area contributed by atoms with Crippen molar-refractivity contribution in [2.45, 2.75) is 13.0 Å². The second-order valence-corrected chi connectivity index (χ2v) is 5.82. The largest absolute Gasteiger partial charge is 0.508 e. The minimum Gasteiger partial charge on any atom is -0.508 e. The van der Waals surface area contributed by atoms with Gasteiger partial charge in [0, 0.05) is 13.1 Å². The Labute approximate surface area is 130 Å². The highest BCUT2D eigenvalue weighted by molar-refractivity contribution is 9.10. The van der Waals surface area contributed by atoms with Crippen molar-refractivity contribution in [3.05, 3.63) is 63.4 Å². The molecule has 108 valence electrons. The first-order valence-electron chi connectivity index (χ1n) is 6.60. The number of nitrogens with zero attached hydrogens (tertiary/aromatic N) is 1. The quantitative estimate of drug-likeness (QED) is 0.855.